The molecule has 0 heterocycles. The molecule has 1 rings (SSSR count). The first-order valence-electron chi connectivity index (χ1n) is 3.36. The van der Waals surface area contributed by atoms with Gasteiger partial charge in [-0.25, -0.2) is 0 Å². The molecule has 0 N–H and O–H groups in total. The second kappa shape index (κ2) is 3.35. The van der Waals surface area contributed by atoms with Crippen LogP contribution in [0, 0.1) is 6.07 Å². The third-order valence-electron chi connectivity index (χ3n) is 1.53. The van der Waals surface area contributed by atoms with Crippen molar-refractivity contribution in [3.63, 3.8) is 0 Å². The lowest BCUT2D eigenvalue weighted by Gasteiger charge is -2.04. The van der Waals surface area contributed by atoms with Gasteiger partial charge in [0, 0.05) is 5.92 Å². The lowest BCUT2D eigenvalue weighted by Crippen LogP contribution is -1.93. The van der Waals surface area contributed by atoms with Crippen molar-refractivity contribution in [1.29, 1.82) is 0 Å². The van der Waals surface area contributed by atoms with Crippen LogP contribution in [0.4, 0.5) is 4.39 Å². The SMILES string of the molecule is CC(CF)c1c[c]ccc1. The molecule has 0 fully saturated rings. The minimum Gasteiger partial charge on any atom is -0.250 e. The smallest absolute Gasteiger partial charge is 0.0960 e. The van der Waals surface area contributed by atoms with Gasteiger partial charge in [-0.2, -0.15) is 0 Å². The Labute approximate surface area is 60.7 Å². The molecular formula is C9H10F. The number of halogens is 1. The molecule has 0 aliphatic rings. The molecule has 0 aromatic heterocycles. The van der Waals surface area contributed by atoms with Gasteiger partial charge in [0.2, 0.25) is 0 Å². The van der Waals surface area contributed by atoms with E-state index in [1.807, 2.05) is 31.2 Å². The highest BCUT2D eigenvalue weighted by atomic mass is 19.1. The van der Waals surface area contributed by atoms with Crippen molar-refractivity contribution in [1.82, 2.24) is 0 Å². The minimum atomic E-state index is -0.294. The van der Waals surface area contributed by atoms with E-state index < -0.39 is 0 Å². The molecule has 0 saturated heterocycles. The van der Waals surface area contributed by atoms with Gasteiger partial charge in [-0.15, -0.1) is 0 Å². The summed E-state index contributed by atoms with van der Waals surface area (Å²) in [6.45, 7) is 1.57. The zero-order valence-corrected chi connectivity index (χ0v) is 5.97. The van der Waals surface area contributed by atoms with Gasteiger partial charge in [0.15, 0.2) is 0 Å². The van der Waals surface area contributed by atoms with E-state index >= 15 is 0 Å². The highest BCUT2D eigenvalue weighted by Crippen LogP contribution is 2.13. The number of rotatable bonds is 2. The Kier molecular flexibility index (Phi) is 2.43. The molecule has 0 aliphatic heterocycles. The Morgan fingerprint density at radius 3 is 3.00 bits per heavy atom. The fourth-order valence-corrected chi connectivity index (χ4v) is 0.803. The lowest BCUT2D eigenvalue weighted by molar-refractivity contribution is 0.447. The van der Waals surface area contributed by atoms with Crippen LogP contribution in [0.25, 0.3) is 0 Å². The average Bonchev–Trinajstić information content (AvgIpc) is 2.05. The second-order valence-electron chi connectivity index (χ2n) is 2.39. The van der Waals surface area contributed by atoms with E-state index in [0.29, 0.717) is 0 Å². The monoisotopic (exact) mass is 137 g/mol. The largest absolute Gasteiger partial charge is 0.250 e. The molecular weight excluding hydrogens is 127 g/mol. The van der Waals surface area contributed by atoms with E-state index in [4.69, 9.17) is 0 Å². The number of hydrogen-bond acceptors (Lipinski definition) is 0. The van der Waals surface area contributed by atoms with Crippen LogP contribution in [-0.4, -0.2) is 6.67 Å². The van der Waals surface area contributed by atoms with Crippen molar-refractivity contribution in [2.24, 2.45) is 0 Å². The second-order valence-corrected chi connectivity index (χ2v) is 2.39. The molecule has 0 bridgehead atoms. The Morgan fingerprint density at radius 1 is 1.70 bits per heavy atom. The molecule has 0 saturated carbocycles. The number of hydrogen-bond donors (Lipinski definition) is 0. The molecule has 1 heteroatoms. The highest BCUT2D eigenvalue weighted by molar-refractivity contribution is 5.17. The molecule has 53 valence electrons. The van der Waals surface area contributed by atoms with Gasteiger partial charge in [-0.1, -0.05) is 31.2 Å². The number of alkyl halides is 1. The summed E-state index contributed by atoms with van der Waals surface area (Å²) in [5.74, 6) is 0.0115. The standard InChI is InChI=1S/C9H10F/c1-8(7-10)9-5-3-2-4-6-9/h2-3,5-6,8H,7H2,1H3. The zero-order chi connectivity index (χ0) is 7.40. The van der Waals surface area contributed by atoms with Gasteiger partial charge in [0.1, 0.15) is 0 Å². The topological polar surface area (TPSA) is 0 Å². The summed E-state index contributed by atoms with van der Waals surface area (Å²) < 4.78 is 12.1. The fourth-order valence-electron chi connectivity index (χ4n) is 0.803. The maximum atomic E-state index is 12.1. The molecule has 1 radical (unpaired) electrons. The molecule has 1 aromatic rings. The average molecular weight is 137 g/mol. The van der Waals surface area contributed by atoms with Crippen LogP contribution >= 0.6 is 0 Å². The molecule has 0 spiro atoms. The normalized spacial score (nSPS) is 13.0. The van der Waals surface area contributed by atoms with E-state index in [0.717, 1.165) is 5.56 Å². The van der Waals surface area contributed by atoms with Crippen molar-refractivity contribution in [2.75, 3.05) is 6.67 Å². The Hall–Kier alpha value is -0.850. The van der Waals surface area contributed by atoms with Crippen molar-refractivity contribution in [3.8, 4) is 0 Å². The van der Waals surface area contributed by atoms with Gasteiger partial charge >= 0.3 is 0 Å². The maximum Gasteiger partial charge on any atom is 0.0960 e. The predicted molar refractivity (Wildman–Crippen MR) is 39.7 cm³/mol. The number of benzene rings is 1. The van der Waals surface area contributed by atoms with E-state index in [1.54, 1.807) is 0 Å². The Morgan fingerprint density at radius 2 is 2.50 bits per heavy atom. The summed E-state index contributed by atoms with van der Waals surface area (Å²) in [7, 11) is 0. The van der Waals surface area contributed by atoms with Crippen molar-refractivity contribution >= 4 is 0 Å². The first-order chi connectivity index (χ1) is 4.84. The Balaban J connectivity index is 2.75. The lowest BCUT2D eigenvalue weighted by atomic mass is 10.0. The minimum absolute atomic E-state index is 0.0115. The third kappa shape index (κ3) is 1.56. The van der Waals surface area contributed by atoms with Crippen LogP contribution in [0.2, 0.25) is 0 Å². The summed E-state index contributed by atoms with van der Waals surface area (Å²) in [5.41, 5.74) is 1.02. The van der Waals surface area contributed by atoms with Crippen LogP contribution < -0.4 is 0 Å². The third-order valence-corrected chi connectivity index (χ3v) is 1.53. The van der Waals surface area contributed by atoms with E-state index in [1.165, 1.54) is 0 Å². The van der Waals surface area contributed by atoms with Crippen LogP contribution in [0.15, 0.2) is 24.3 Å². The fraction of sp³-hybridized carbons (Fsp3) is 0.333. The van der Waals surface area contributed by atoms with Crippen LogP contribution in [0.3, 0.4) is 0 Å². The summed E-state index contributed by atoms with van der Waals surface area (Å²) >= 11 is 0. The first-order valence-corrected chi connectivity index (χ1v) is 3.36. The summed E-state index contributed by atoms with van der Waals surface area (Å²) in [4.78, 5) is 0. The summed E-state index contributed by atoms with van der Waals surface area (Å²) in [5, 5.41) is 0. The van der Waals surface area contributed by atoms with Crippen molar-refractivity contribution in [2.45, 2.75) is 12.8 Å². The van der Waals surface area contributed by atoms with Gasteiger partial charge < -0.3 is 0 Å². The Bertz CT molecular complexity index is 181. The van der Waals surface area contributed by atoms with Crippen LogP contribution in [-0.2, 0) is 0 Å². The van der Waals surface area contributed by atoms with Gasteiger partial charge in [0.05, 0.1) is 6.67 Å². The first kappa shape index (κ1) is 7.26. The predicted octanol–water partition coefficient (Wildman–Crippen LogP) is 2.56. The van der Waals surface area contributed by atoms with Crippen molar-refractivity contribution in [3.05, 3.63) is 35.9 Å². The summed E-state index contributed by atoms with van der Waals surface area (Å²) in [6.07, 6.45) is 0. The molecule has 1 aromatic carbocycles. The van der Waals surface area contributed by atoms with E-state index in [-0.39, 0.29) is 12.6 Å². The molecule has 1 atom stereocenters. The van der Waals surface area contributed by atoms with Crippen molar-refractivity contribution < 1.29 is 4.39 Å². The van der Waals surface area contributed by atoms with Gasteiger partial charge in [-0.3, -0.25) is 4.39 Å². The van der Waals surface area contributed by atoms with E-state index in [2.05, 4.69) is 6.07 Å². The molecule has 1 unspecified atom stereocenters. The maximum absolute atomic E-state index is 12.1. The summed E-state index contributed by atoms with van der Waals surface area (Å²) in [6, 6.07) is 10.3. The molecule has 10 heavy (non-hydrogen) atoms. The van der Waals surface area contributed by atoms with E-state index in [9.17, 15) is 4.39 Å². The zero-order valence-electron chi connectivity index (χ0n) is 5.97. The van der Waals surface area contributed by atoms with Crippen LogP contribution in [0.1, 0.15) is 18.4 Å². The molecule has 0 nitrogen and oxygen atoms in total. The molecule has 0 amide bonds. The molecule has 0 aliphatic carbocycles. The van der Waals surface area contributed by atoms with Gasteiger partial charge in [0.25, 0.3) is 0 Å². The highest BCUT2D eigenvalue weighted by Gasteiger charge is 2.01. The van der Waals surface area contributed by atoms with Crippen LogP contribution in [0.5, 0.6) is 0 Å². The van der Waals surface area contributed by atoms with Gasteiger partial charge in [-0.05, 0) is 11.6 Å². The quantitative estimate of drug-likeness (QED) is 0.587.